The molecule has 0 radical (unpaired) electrons. The number of hydrogen-bond acceptors (Lipinski definition) is 4. The van der Waals surface area contributed by atoms with Gasteiger partial charge in [0.2, 0.25) is 5.89 Å². The van der Waals surface area contributed by atoms with E-state index in [-0.39, 0.29) is 0 Å². The van der Waals surface area contributed by atoms with Crippen LogP contribution < -0.4 is 5.32 Å². The normalized spacial score (nSPS) is 19.1. The molecule has 2 heterocycles. The van der Waals surface area contributed by atoms with Crippen molar-refractivity contribution in [2.75, 3.05) is 13.1 Å². The smallest absolute Gasteiger partial charge is 0.231 e. The number of hydrogen-bond donors (Lipinski definition) is 1. The summed E-state index contributed by atoms with van der Waals surface area (Å²) in [6.07, 6.45) is 4.04. The topological polar surface area (TPSA) is 51.0 Å². The molecule has 0 bridgehead atoms. The van der Waals surface area contributed by atoms with Gasteiger partial charge in [0.05, 0.1) is 6.42 Å². The summed E-state index contributed by atoms with van der Waals surface area (Å²) in [5.41, 5.74) is 1.13. The Kier molecular flexibility index (Phi) is 4.33. The first-order valence-electron chi connectivity index (χ1n) is 7.06. The lowest BCUT2D eigenvalue weighted by Gasteiger charge is -2.20. The van der Waals surface area contributed by atoms with Crippen LogP contribution in [0.4, 0.5) is 0 Å². The van der Waals surface area contributed by atoms with Crippen LogP contribution in [0.3, 0.4) is 0 Å². The van der Waals surface area contributed by atoms with Crippen molar-refractivity contribution < 1.29 is 4.52 Å². The summed E-state index contributed by atoms with van der Waals surface area (Å²) in [5.74, 6) is 2.12. The fraction of sp³-hybridized carbons (Fsp3) is 0.467. The number of nitrogens with zero attached hydrogens (tertiary/aromatic N) is 2. The van der Waals surface area contributed by atoms with Gasteiger partial charge in [-0.15, -0.1) is 0 Å². The molecule has 1 aliphatic rings. The third-order valence-corrected chi connectivity index (χ3v) is 3.90. The van der Waals surface area contributed by atoms with E-state index in [4.69, 9.17) is 16.1 Å². The predicted molar refractivity (Wildman–Crippen MR) is 77.9 cm³/mol. The van der Waals surface area contributed by atoms with Crippen molar-refractivity contribution in [2.45, 2.75) is 25.7 Å². The Morgan fingerprint density at radius 3 is 2.90 bits per heavy atom. The first kappa shape index (κ1) is 13.6. The van der Waals surface area contributed by atoms with Gasteiger partial charge in [-0.2, -0.15) is 4.98 Å². The maximum atomic E-state index is 5.87. The van der Waals surface area contributed by atoms with Crippen LogP contribution in [-0.4, -0.2) is 23.2 Å². The van der Waals surface area contributed by atoms with Gasteiger partial charge in [0, 0.05) is 11.4 Å². The number of benzene rings is 1. The van der Waals surface area contributed by atoms with Gasteiger partial charge in [-0.1, -0.05) is 28.9 Å². The summed E-state index contributed by atoms with van der Waals surface area (Å²) in [7, 11) is 0. The van der Waals surface area contributed by atoms with Crippen LogP contribution in [0.5, 0.6) is 0 Å². The highest BCUT2D eigenvalue weighted by Crippen LogP contribution is 2.16. The van der Waals surface area contributed by atoms with E-state index in [1.54, 1.807) is 0 Å². The monoisotopic (exact) mass is 291 g/mol. The molecule has 2 aromatic rings. The van der Waals surface area contributed by atoms with Crippen molar-refractivity contribution in [3.63, 3.8) is 0 Å². The van der Waals surface area contributed by atoms with E-state index in [9.17, 15) is 0 Å². The van der Waals surface area contributed by atoms with Crippen LogP contribution >= 0.6 is 11.6 Å². The first-order chi connectivity index (χ1) is 9.79. The number of halogens is 1. The van der Waals surface area contributed by atoms with Gasteiger partial charge in [-0.3, -0.25) is 0 Å². The van der Waals surface area contributed by atoms with E-state index in [1.165, 1.54) is 12.8 Å². The highest BCUT2D eigenvalue weighted by atomic mass is 35.5. The molecule has 1 atom stereocenters. The number of rotatable bonds is 4. The molecule has 0 amide bonds. The molecular weight excluding hydrogens is 274 g/mol. The van der Waals surface area contributed by atoms with Gasteiger partial charge in [0.1, 0.15) is 0 Å². The van der Waals surface area contributed by atoms with Gasteiger partial charge in [-0.25, -0.2) is 0 Å². The van der Waals surface area contributed by atoms with Gasteiger partial charge in [0.15, 0.2) is 5.82 Å². The predicted octanol–water partition coefficient (Wildman–Crippen LogP) is 2.86. The van der Waals surface area contributed by atoms with E-state index >= 15 is 0 Å². The minimum absolute atomic E-state index is 0.629. The molecule has 1 saturated heterocycles. The third kappa shape index (κ3) is 3.58. The SMILES string of the molecule is Clc1ccc(Cc2nc(CC3CCCNC3)no2)cc1. The molecule has 4 nitrogen and oxygen atoms in total. The largest absolute Gasteiger partial charge is 0.339 e. The quantitative estimate of drug-likeness (QED) is 0.941. The summed E-state index contributed by atoms with van der Waals surface area (Å²) >= 11 is 5.87. The Morgan fingerprint density at radius 2 is 2.15 bits per heavy atom. The van der Waals surface area contributed by atoms with Crippen molar-refractivity contribution in [3.05, 3.63) is 46.6 Å². The van der Waals surface area contributed by atoms with Crippen molar-refractivity contribution in [1.29, 1.82) is 0 Å². The second-order valence-corrected chi connectivity index (χ2v) is 5.76. The third-order valence-electron chi connectivity index (χ3n) is 3.65. The molecule has 1 aromatic carbocycles. The van der Waals surface area contributed by atoms with Crippen molar-refractivity contribution >= 4 is 11.6 Å². The van der Waals surface area contributed by atoms with Crippen molar-refractivity contribution in [3.8, 4) is 0 Å². The fourth-order valence-electron chi connectivity index (χ4n) is 2.58. The molecule has 0 saturated carbocycles. The molecule has 0 spiro atoms. The van der Waals surface area contributed by atoms with Gasteiger partial charge in [0.25, 0.3) is 0 Å². The molecule has 3 rings (SSSR count). The molecule has 1 aliphatic heterocycles. The Labute approximate surface area is 123 Å². The van der Waals surface area contributed by atoms with Crippen molar-refractivity contribution in [2.24, 2.45) is 5.92 Å². The van der Waals surface area contributed by atoms with Crippen LogP contribution in [0.2, 0.25) is 5.02 Å². The van der Waals surface area contributed by atoms with Gasteiger partial charge in [-0.05, 0) is 49.5 Å². The lowest BCUT2D eigenvalue weighted by atomic mass is 9.96. The second kappa shape index (κ2) is 6.37. The zero-order valence-electron chi connectivity index (χ0n) is 11.3. The average Bonchev–Trinajstić information content (AvgIpc) is 2.90. The Balaban J connectivity index is 1.60. The number of nitrogens with one attached hydrogen (secondary N) is 1. The summed E-state index contributed by atoms with van der Waals surface area (Å²) in [6.45, 7) is 2.19. The maximum Gasteiger partial charge on any atom is 0.231 e. The van der Waals surface area contributed by atoms with Crippen LogP contribution in [0.25, 0.3) is 0 Å². The second-order valence-electron chi connectivity index (χ2n) is 5.32. The highest BCUT2D eigenvalue weighted by molar-refractivity contribution is 6.30. The lowest BCUT2D eigenvalue weighted by molar-refractivity contribution is 0.351. The average molecular weight is 292 g/mol. The minimum atomic E-state index is 0.629. The highest BCUT2D eigenvalue weighted by Gasteiger charge is 2.16. The number of piperidine rings is 1. The molecule has 106 valence electrons. The van der Waals surface area contributed by atoms with E-state index in [1.807, 2.05) is 24.3 Å². The zero-order valence-corrected chi connectivity index (χ0v) is 12.1. The lowest BCUT2D eigenvalue weighted by Crippen LogP contribution is -2.31. The Hall–Kier alpha value is -1.39. The van der Waals surface area contributed by atoms with Crippen molar-refractivity contribution in [1.82, 2.24) is 15.5 Å². The van der Waals surface area contributed by atoms with E-state index in [2.05, 4.69) is 15.5 Å². The fourth-order valence-corrected chi connectivity index (χ4v) is 2.70. The summed E-state index contributed by atoms with van der Waals surface area (Å²) in [5, 5.41) is 8.23. The molecule has 20 heavy (non-hydrogen) atoms. The van der Waals surface area contributed by atoms with Gasteiger partial charge >= 0.3 is 0 Å². The molecule has 1 fully saturated rings. The summed E-state index contributed by atoms with van der Waals surface area (Å²) in [6, 6.07) is 7.72. The van der Waals surface area contributed by atoms with Crippen LogP contribution in [-0.2, 0) is 12.8 Å². The summed E-state index contributed by atoms with van der Waals surface area (Å²) < 4.78 is 5.33. The summed E-state index contributed by atoms with van der Waals surface area (Å²) in [4.78, 5) is 4.48. The van der Waals surface area contributed by atoms with E-state index in [0.29, 0.717) is 18.2 Å². The minimum Gasteiger partial charge on any atom is -0.339 e. The Bertz CT molecular complexity index is 547. The standard InChI is InChI=1S/C15H18ClN3O/c16-13-5-3-11(4-6-13)9-15-18-14(19-20-15)8-12-2-1-7-17-10-12/h3-6,12,17H,1-2,7-10H2. The molecule has 1 unspecified atom stereocenters. The molecule has 1 N–H and O–H groups in total. The van der Waals surface area contributed by atoms with Gasteiger partial charge < -0.3 is 9.84 Å². The first-order valence-corrected chi connectivity index (χ1v) is 7.44. The van der Waals surface area contributed by atoms with Crippen LogP contribution in [0.15, 0.2) is 28.8 Å². The molecule has 5 heteroatoms. The maximum absolute atomic E-state index is 5.87. The zero-order chi connectivity index (χ0) is 13.8. The number of aromatic nitrogens is 2. The van der Waals surface area contributed by atoms with E-state index in [0.717, 1.165) is 35.9 Å². The molecule has 0 aliphatic carbocycles. The van der Waals surface area contributed by atoms with Crippen LogP contribution in [0.1, 0.15) is 30.1 Å². The van der Waals surface area contributed by atoms with E-state index < -0.39 is 0 Å². The molecule has 1 aromatic heterocycles. The van der Waals surface area contributed by atoms with Crippen LogP contribution in [0, 0.1) is 5.92 Å². The molecular formula is C15H18ClN3O. The Morgan fingerprint density at radius 1 is 1.30 bits per heavy atom.